The van der Waals surface area contributed by atoms with Gasteiger partial charge in [-0.3, -0.25) is 14.9 Å². The molecule has 0 spiro atoms. The Labute approximate surface area is 197 Å². The molecule has 0 aliphatic heterocycles. The largest absolute Gasteiger partial charge is 0.495 e. The van der Waals surface area contributed by atoms with E-state index in [0.717, 1.165) is 12.1 Å². The lowest BCUT2D eigenvalue weighted by molar-refractivity contribution is -0.385. The van der Waals surface area contributed by atoms with Crippen molar-refractivity contribution in [2.75, 3.05) is 13.4 Å². The number of carbonyl (C=O) groups excluding carboxylic acids is 1. The zero-order valence-corrected chi connectivity index (χ0v) is 19.5. The van der Waals surface area contributed by atoms with Gasteiger partial charge in [0.2, 0.25) is 0 Å². The number of nitrogens with zero attached hydrogens (tertiary/aromatic N) is 3. The second kappa shape index (κ2) is 9.75. The number of carbonyl (C=O) groups is 1. The SMILES string of the molecule is COc1cc([N+](=O)[O-])c(C(=O)NCc2ccc(-n3nc(C)cc3C)cc2C(F)(F)F)cc1SC. The Morgan fingerprint density at radius 1 is 1.24 bits per heavy atom. The van der Waals surface area contributed by atoms with Gasteiger partial charge in [0.25, 0.3) is 11.6 Å². The first kappa shape index (κ1) is 25.1. The van der Waals surface area contributed by atoms with Crippen molar-refractivity contribution in [3.8, 4) is 11.4 Å². The van der Waals surface area contributed by atoms with Gasteiger partial charge in [0.15, 0.2) is 0 Å². The van der Waals surface area contributed by atoms with E-state index in [2.05, 4.69) is 10.4 Å². The summed E-state index contributed by atoms with van der Waals surface area (Å²) in [6.45, 7) is 2.98. The summed E-state index contributed by atoms with van der Waals surface area (Å²) in [5.74, 6) is -0.657. The fourth-order valence-corrected chi connectivity index (χ4v) is 4.06. The molecule has 34 heavy (non-hydrogen) atoms. The number of benzene rings is 2. The quantitative estimate of drug-likeness (QED) is 0.280. The first-order valence-electron chi connectivity index (χ1n) is 9.88. The summed E-state index contributed by atoms with van der Waals surface area (Å²) in [7, 11) is 1.34. The molecular formula is C22H21F3N4O4S. The van der Waals surface area contributed by atoms with Crippen molar-refractivity contribution in [2.45, 2.75) is 31.5 Å². The number of hydrogen-bond acceptors (Lipinski definition) is 6. The number of aromatic nitrogens is 2. The van der Waals surface area contributed by atoms with Gasteiger partial charge < -0.3 is 10.1 Å². The first-order valence-corrected chi connectivity index (χ1v) is 11.1. The molecule has 0 fully saturated rings. The molecular weight excluding hydrogens is 473 g/mol. The number of rotatable bonds is 7. The van der Waals surface area contributed by atoms with E-state index < -0.39 is 34.8 Å². The highest BCUT2D eigenvalue weighted by Crippen LogP contribution is 2.35. The van der Waals surface area contributed by atoms with E-state index in [0.29, 0.717) is 16.3 Å². The van der Waals surface area contributed by atoms with Crippen LogP contribution in [-0.2, 0) is 12.7 Å². The van der Waals surface area contributed by atoms with Gasteiger partial charge in [-0.1, -0.05) is 6.07 Å². The lowest BCUT2D eigenvalue weighted by Crippen LogP contribution is -2.25. The van der Waals surface area contributed by atoms with Crippen LogP contribution in [0, 0.1) is 24.0 Å². The molecule has 0 radical (unpaired) electrons. The lowest BCUT2D eigenvalue weighted by Gasteiger charge is -2.16. The van der Waals surface area contributed by atoms with Crippen LogP contribution in [0.2, 0.25) is 0 Å². The van der Waals surface area contributed by atoms with Gasteiger partial charge in [0, 0.05) is 12.2 Å². The summed E-state index contributed by atoms with van der Waals surface area (Å²) in [6, 6.07) is 7.83. The fraction of sp³-hybridized carbons (Fsp3) is 0.273. The molecule has 0 unspecified atom stereocenters. The molecule has 180 valence electrons. The number of ether oxygens (including phenoxy) is 1. The van der Waals surface area contributed by atoms with Crippen LogP contribution in [0.1, 0.15) is 32.9 Å². The van der Waals surface area contributed by atoms with Gasteiger partial charge in [-0.25, -0.2) is 4.68 Å². The number of thioether (sulfide) groups is 1. The minimum absolute atomic E-state index is 0.188. The number of amides is 1. The van der Waals surface area contributed by atoms with Crippen molar-refractivity contribution < 1.29 is 27.6 Å². The summed E-state index contributed by atoms with van der Waals surface area (Å²) in [6.07, 6.45) is -2.99. The molecule has 3 rings (SSSR count). The van der Waals surface area contributed by atoms with Crippen LogP contribution < -0.4 is 10.1 Å². The van der Waals surface area contributed by atoms with E-state index in [1.807, 2.05) is 0 Å². The van der Waals surface area contributed by atoms with Crippen molar-refractivity contribution in [3.63, 3.8) is 0 Å². The first-order chi connectivity index (χ1) is 16.0. The molecule has 8 nitrogen and oxygen atoms in total. The molecule has 1 heterocycles. The average molecular weight is 494 g/mol. The number of hydrogen-bond donors (Lipinski definition) is 1. The fourth-order valence-electron chi connectivity index (χ4n) is 3.48. The number of nitro benzene ring substituents is 1. The molecule has 2 aromatic carbocycles. The van der Waals surface area contributed by atoms with Crippen LogP contribution in [0.5, 0.6) is 5.75 Å². The van der Waals surface area contributed by atoms with E-state index in [1.54, 1.807) is 26.2 Å². The number of nitrogens with one attached hydrogen (secondary N) is 1. The van der Waals surface area contributed by atoms with Crippen LogP contribution >= 0.6 is 11.8 Å². The number of nitro groups is 1. The molecule has 0 aliphatic carbocycles. The summed E-state index contributed by atoms with van der Waals surface area (Å²) >= 11 is 1.21. The van der Waals surface area contributed by atoms with E-state index in [9.17, 15) is 28.1 Å². The Kier molecular flexibility index (Phi) is 7.20. The predicted molar refractivity (Wildman–Crippen MR) is 121 cm³/mol. The minimum atomic E-state index is -4.69. The molecule has 0 bridgehead atoms. The summed E-state index contributed by atoms with van der Waals surface area (Å²) in [4.78, 5) is 23.9. The van der Waals surface area contributed by atoms with E-state index >= 15 is 0 Å². The van der Waals surface area contributed by atoms with Gasteiger partial charge in [0.05, 0.1) is 39.9 Å². The highest BCUT2D eigenvalue weighted by Gasteiger charge is 2.34. The zero-order chi connectivity index (χ0) is 25.2. The van der Waals surface area contributed by atoms with Gasteiger partial charge in [0.1, 0.15) is 11.3 Å². The van der Waals surface area contributed by atoms with Crippen molar-refractivity contribution in [2.24, 2.45) is 0 Å². The number of alkyl halides is 3. The van der Waals surface area contributed by atoms with E-state index in [-0.39, 0.29) is 22.6 Å². The van der Waals surface area contributed by atoms with Gasteiger partial charge in [-0.05, 0) is 49.9 Å². The highest BCUT2D eigenvalue weighted by molar-refractivity contribution is 7.98. The number of methoxy groups -OCH3 is 1. The Morgan fingerprint density at radius 2 is 1.94 bits per heavy atom. The third-order valence-electron chi connectivity index (χ3n) is 5.04. The molecule has 0 aliphatic rings. The van der Waals surface area contributed by atoms with Crippen LogP contribution in [0.15, 0.2) is 41.3 Å². The second-order valence-corrected chi connectivity index (χ2v) is 8.19. The summed E-state index contributed by atoms with van der Waals surface area (Å²) < 4.78 is 47.9. The van der Waals surface area contributed by atoms with E-state index in [4.69, 9.17) is 4.74 Å². The maximum absolute atomic E-state index is 13.8. The van der Waals surface area contributed by atoms with Crippen LogP contribution in [0.25, 0.3) is 5.69 Å². The molecule has 1 aromatic heterocycles. The topological polar surface area (TPSA) is 99.3 Å². The van der Waals surface area contributed by atoms with Gasteiger partial charge in [-0.15, -0.1) is 11.8 Å². The van der Waals surface area contributed by atoms with Crippen molar-refractivity contribution in [1.82, 2.24) is 15.1 Å². The second-order valence-electron chi connectivity index (χ2n) is 7.34. The van der Waals surface area contributed by atoms with Crippen molar-refractivity contribution in [3.05, 3.63) is 74.6 Å². The summed E-state index contributed by atoms with van der Waals surface area (Å²) in [5.41, 5.74) is -0.357. The van der Waals surface area contributed by atoms with Crippen LogP contribution in [0.4, 0.5) is 18.9 Å². The normalized spacial score (nSPS) is 11.4. The zero-order valence-electron chi connectivity index (χ0n) is 18.7. The monoisotopic (exact) mass is 494 g/mol. The van der Waals surface area contributed by atoms with Gasteiger partial charge >= 0.3 is 6.18 Å². The van der Waals surface area contributed by atoms with Crippen LogP contribution in [0.3, 0.4) is 0 Å². The average Bonchev–Trinajstić information content (AvgIpc) is 3.13. The summed E-state index contributed by atoms with van der Waals surface area (Å²) in [5, 5.41) is 18.0. The maximum Gasteiger partial charge on any atom is 0.416 e. The molecule has 12 heteroatoms. The molecule has 1 N–H and O–H groups in total. The molecule has 0 saturated carbocycles. The van der Waals surface area contributed by atoms with Crippen LogP contribution in [-0.4, -0.2) is 34.0 Å². The Bertz CT molecular complexity index is 1260. The minimum Gasteiger partial charge on any atom is -0.495 e. The number of halogens is 3. The van der Waals surface area contributed by atoms with Gasteiger partial charge in [-0.2, -0.15) is 18.3 Å². The third kappa shape index (κ3) is 5.16. The third-order valence-corrected chi connectivity index (χ3v) is 5.79. The Hall–Kier alpha value is -3.54. The Balaban J connectivity index is 1.94. The molecule has 1 amide bonds. The Morgan fingerprint density at radius 3 is 2.47 bits per heavy atom. The number of aryl methyl sites for hydroxylation is 2. The van der Waals surface area contributed by atoms with Crippen molar-refractivity contribution >= 4 is 23.4 Å². The van der Waals surface area contributed by atoms with E-state index in [1.165, 1.54) is 41.8 Å². The maximum atomic E-state index is 13.8. The molecule has 0 atom stereocenters. The van der Waals surface area contributed by atoms with Crippen molar-refractivity contribution in [1.29, 1.82) is 0 Å². The lowest BCUT2D eigenvalue weighted by atomic mass is 10.1. The standard InChI is InChI=1S/C22H21F3N4O4S/c1-12-7-13(2)28(27-12)15-6-5-14(17(8-15)22(23,24)25)11-26-21(30)16-9-20(34-4)19(33-3)10-18(16)29(31)32/h5-10H,11H2,1-4H3,(H,26,30). The smallest absolute Gasteiger partial charge is 0.416 e. The molecule has 0 saturated heterocycles. The molecule has 3 aromatic rings. The predicted octanol–water partition coefficient (Wildman–Crippen LogP) is 5.08. The highest BCUT2D eigenvalue weighted by atomic mass is 32.2.